The summed E-state index contributed by atoms with van der Waals surface area (Å²) in [5.74, 6) is 0.0521. The number of Topliss-reactive ketones (excluding diaryl/α,β-unsaturated/α-hetero) is 1. The fourth-order valence-corrected chi connectivity index (χ4v) is 2.12. The van der Waals surface area contributed by atoms with E-state index in [1.165, 1.54) is 0 Å². The Morgan fingerprint density at radius 2 is 2.12 bits per heavy atom. The first kappa shape index (κ1) is 10.3. The number of aromatic amines is 1. The number of benzene rings is 1. The van der Waals surface area contributed by atoms with Crippen LogP contribution in [0, 0.1) is 0 Å². The number of carbonyl (C=O) groups excluding carboxylic acids is 1. The van der Waals surface area contributed by atoms with Crippen molar-refractivity contribution in [2.24, 2.45) is 0 Å². The monoisotopic (exact) mass is 244 g/mol. The standard InChI is InChI=1S/C13H9ClN2O/c1-7(17)8-2-3-12-10(4-8)11-5-9(14)6-15-13(11)16-12/h2-6H,1H3,(H,15,16). The minimum atomic E-state index is 0.0521. The molecule has 0 saturated carbocycles. The van der Waals surface area contributed by atoms with Crippen LogP contribution in [0.2, 0.25) is 5.02 Å². The highest BCUT2D eigenvalue weighted by Gasteiger charge is 2.08. The van der Waals surface area contributed by atoms with Crippen LogP contribution >= 0.6 is 11.6 Å². The number of hydrogen-bond acceptors (Lipinski definition) is 2. The summed E-state index contributed by atoms with van der Waals surface area (Å²) in [5.41, 5.74) is 2.43. The minimum Gasteiger partial charge on any atom is -0.339 e. The SMILES string of the molecule is CC(=O)c1ccc2[nH]c3ncc(Cl)cc3c2c1. The van der Waals surface area contributed by atoms with Crippen LogP contribution in [-0.4, -0.2) is 15.8 Å². The molecule has 84 valence electrons. The second-order valence-electron chi connectivity index (χ2n) is 3.99. The third-order valence-corrected chi connectivity index (χ3v) is 3.03. The van der Waals surface area contributed by atoms with E-state index in [9.17, 15) is 4.79 Å². The summed E-state index contributed by atoms with van der Waals surface area (Å²) in [6.45, 7) is 1.56. The Balaban J connectivity index is 2.43. The topological polar surface area (TPSA) is 45.8 Å². The van der Waals surface area contributed by atoms with Crippen LogP contribution in [0.3, 0.4) is 0 Å². The Morgan fingerprint density at radius 1 is 1.29 bits per heavy atom. The number of carbonyl (C=O) groups is 1. The Kier molecular flexibility index (Phi) is 2.16. The van der Waals surface area contributed by atoms with Gasteiger partial charge < -0.3 is 4.98 Å². The summed E-state index contributed by atoms with van der Waals surface area (Å²) in [6.07, 6.45) is 1.60. The van der Waals surface area contributed by atoms with E-state index in [1.807, 2.05) is 24.3 Å². The molecule has 0 atom stereocenters. The average Bonchev–Trinajstić information content (AvgIpc) is 2.66. The van der Waals surface area contributed by atoms with Gasteiger partial charge in [-0.25, -0.2) is 4.98 Å². The second-order valence-corrected chi connectivity index (χ2v) is 4.43. The molecule has 0 fully saturated rings. The maximum atomic E-state index is 11.4. The van der Waals surface area contributed by atoms with E-state index in [0.29, 0.717) is 10.6 Å². The van der Waals surface area contributed by atoms with E-state index in [4.69, 9.17) is 11.6 Å². The lowest BCUT2D eigenvalue weighted by Gasteiger charge is -1.96. The van der Waals surface area contributed by atoms with Gasteiger partial charge in [0.1, 0.15) is 5.65 Å². The van der Waals surface area contributed by atoms with Gasteiger partial charge >= 0.3 is 0 Å². The summed E-state index contributed by atoms with van der Waals surface area (Å²) >= 11 is 5.93. The molecule has 0 amide bonds. The van der Waals surface area contributed by atoms with Crippen LogP contribution in [0.25, 0.3) is 21.9 Å². The number of nitrogens with one attached hydrogen (secondary N) is 1. The van der Waals surface area contributed by atoms with Crippen LogP contribution in [0.15, 0.2) is 30.5 Å². The summed E-state index contributed by atoms with van der Waals surface area (Å²) in [5, 5.41) is 2.50. The zero-order valence-corrected chi connectivity index (χ0v) is 9.88. The van der Waals surface area contributed by atoms with Gasteiger partial charge in [-0.2, -0.15) is 0 Å². The molecule has 0 bridgehead atoms. The van der Waals surface area contributed by atoms with E-state index < -0.39 is 0 Å². The van der Waals surface area contributed by atoms with Crippen molar-refractivity contribution in [1.82, 2.24) is 9.97 Å². The first-order chi connectivity index (χ1) is 8.15. The van der Waals surface area contributed by atoms with Gasteiger partial charge in [-0.15, -0.1) is 0 Å². The number of H-pyrrole nitrogens is 1. The predicted octanol–water partition coefficient (Wildman–Crippen LogP) is 3.57. The van der Waals surface area contributed by atoms with Gasteiger partial charge in [-0.3, -0.25) is 4.79 Å². The molecule has 0 aliphatic carbocycles. The van der Waals surface area contributed by atoms with Crippen LogP contribution in [0.5, 0.6) is 0 Å². The van der Waals surface area contributed by atoms with Gasteiger partial charge in [0.05, 0.1) is 5.02 Å². The van der Waals surface area contributed by atoms with E-state index in [1.54, 1.807) is 13.1 Å². The van der Waals surface area contributed by atoms with Crippen molar-refractivity contribution in [2.75, 3.05) is 0 Å². The highest BCUT2D eigenvalue weighted by atomic mass is 35.5. The van der Waals surface area contributed by atoms with Crippen molar-refractivity contribution in [1.29, 1.82) is 0 Å². The molecular formula is C13H9ClN2O. The van der Waals surface area contributed by atoms with E-state index in [2.05, 4.69) is 9.97 Å². The summed E-state index contributed by atoms with van der Waals surface area (Å²) < 4.78 is 0. The van der Waals surface area contributed by atoms with Crippen LogP contribution in [-0.2, 0) is 0 Å². The van der Waals surface area contributed by atoms with Crippen molar-refractivity contribution >= 4 is 39.3 Å². The molecule has 1 aromatic carbocycles. The van der Waals surface area contributed by atoms with Crippen molar-refractivity contribution in [3.63, 3.8) is 0 Å². The lowest BCUT2D eigenvalue weighted by Crippen LogP contribution is -1.90. The molecule has 1 N–H and O–H groups in total. The van der Waals surface area contributed by atoms with Crippen molar-refractivity contribution in [3.8, 4) is 0 Å². The van der Waals surface area contributed by atoms with Crippen molar-refractivity contribution in [2.45, 2.75) is 6.92 Å². The highest BCUT2D eigenvalue weighted by Crippen LogP contribution is 2.27. The molecule has 0 spiro atoms. The van der Waals surface area contributed by atoms with Crippen LogP contribution in [0.1, 0.15) is 17.3 Å². The maximum absolute atomic E-state index is 11.4. The van der Waals surface area contributed by atoms with Gasteiger partial charge in [0.2, 0.25) is 0 Å². The molecule has 0 unspecified atom stereocenters. The number of halogens is 1. The third kappa shape index (κ3) is 1.59. The third-order valence-electron chi connectivity index (χ3n) is 2.82. The number of pyridine rings is 1. The number of aromatic nitrogens is 2. The molecule has 0 saturated heterocycles. The van der Waals surface area contributed by atoms with Gasteiger partial charge in [-0.1, -0.05) is 11.6 Å². The van der Waals surface area contributed by atoms with Gasteiger partial charge in [-0.05, 0) is 31.2 Å². The Bertz CT molecular complexity index is 746. The summed E-state index contributed by atoms with van der Waals surface area (Å²) in [6, 6.07) is 7.42. The molecule has 3 rings (SSSR count). The van der Waals surface area contributed by atoms with Gasteiger partial charge in [0.15, 0.2) is 5.78 Å². The molecule has 2 aromatic heterocycles. The molecule has 2 heterocycles. The van der Waals surface area contributed by atoms with E-state index in [-0.39, 0.29) is 5.78 Å². The average molecular weight is 245 g/mol. The largest absolute Gasteiger partial charge is 0.339 e. The van der Waals surface area contributed by atoms with Crippen molar-refractivity contribution in [3.05, 3.63) is 41.0 Å². The smallest absolute Gasteiger partial charge is 0.159 e. The minimum absolute atomic E-state index is 0.0521. The van der Waals surface area contributed by atoms with E-state index >= 15 is 0 Å². The number of nitrogens with zero attached hydrogens (tertiary/aromatic N) is 1. The second kappa shape index (κ2) is 3.57. The molecule has 0 aliphatic heterocycles. The summed E-state index contributed by atoms with van der Waals surface area (Å²) in [7, 11) is 0. The van der Waals surface area contributed by atoms with Crippen molar-refractivity contribution < 1.29 is 4.79 Å². The normalized spacial score (nSPS) is 11.2. The quantitative estimate of drug-likeness (QED) is 0.665. The fourth-order valence-electron chi connectivity index (χ4n) is 1.97. The lowest BCUT2D eigenvalue weighted by molar-refractivity contribution is 0.101. The molecule has 3 nitrogen and oxygen atoms in total. The Hall–Kier alpha value is -1.87. The molecule has 4 heteroatoms. The predicted molar refractivity (Wildman–Crippen MR) is 68.6 cm³/mol. The Morgan fingerprint density at radius 3 is 2.88 bits per heavy atom. The van der Waals surface area contributed by atoms with Crippen LogP contribution < -0.4 is 0 Å². The van der Waals surface area contributed by atoms with Gasteiger partial charge in [0.25, 0.3) is 0 Å². The van der Waals surface area contributed by atoms with Crippen LogP contribution in [0.4, 0.5) is 0 Å². The molecule has 3 aromatic rings. The van der Waals surface area contributed by atoms with E-state index in [0.717, 1.165) is 21.9 Å². The zero-order chi connectivity index (χ0) is 12.0. The number of fused-ring (bicyclic) bond motifs is 3. The number of rotatable bonds is 1. The molecule has 0 aliphatic rings. The highest BCUT2D eigenvalue weighted by molar-refractivity contribution is 6.31. The first-order valence-corrected chi connectivity index (χ1v) is 5.61. The van der Waals surface area contributed by atoms with Gasteiger partial charge in [0, 0.05) is 28.0 Å². The first-order valence-electron chi connectivity index (χ1n) is 5.23. The zero-order valence-electron chi connectivity index (χ0n) is 9.12. The number of hydrogen-bond donors (Lipinski definition) is 1. The maximum Gasteiger partial charge on any atom is 0.159 e. The molecule has 17 heavy (non-hydrogen) atoms. The molecular weight excluding hydrogens is 236 g/mol. The molecule has 0 radical (unpaired) electrons. The number of ketones is 1. The lowest BCUT2D eigenvalue weighted by atomic mass is 10.1. The Labute approximate surface area is 102 Å². The fraction of sp³-hybridized carbons (Fsp3) is 0.0769. The summed E-state index contributed by atoms with van der Waals surface area (Å²) in [4.78, 5) is 18.8.